The molecule has 1 aliphatic carbocycles. The van der Waals surface area contributed by atoms with Crippen LogP contribution < -0.4 is 10.9 Å². The molecule has 1 saturated carbocycles. The number of H-pyrrole nitrogens is 1. The molecule has 5 nitrogen and oxygen atoms in total. The van der Waals surface area contributed by atoms with Crippen LogP contribution in [0.2, 0.25) is 0 Å². The molecule has 1 atom stereocenters. The van der Waals surface area contributed by atoms with Gasteiger partial charge in [-0.3, -0.25) is 14.5 Å². The fourth-order valence-corrected chi connectivity index (χ4v) is 6.92. The van der Waals surface area contributed by atoms with Gasteiger partial charge in [0.05, 0.1) is 5.56 Å². The predicted octanol–water partition coefficient (Wildman–Crippen LogP) is 4.91. The first-order valence-corrected chi connectivity index (χ1v) is 12.9. The summed E-state index contributed by atoms with van der Waals surface area (Å²) in [6, 6.07) is 2.73. The van der Waals surface area contributed by atoms with Crippen molar-refractivity contribution < 1.29 is 4.79 Å². The normalized spacial score (nSPS) is 23.0. The Morgan fingerprint density at radius 2 is 1.91 bits per heavy atom. The molecule has 2 aliphatic rings. The lowest BCUT2D eigenvalue weighted by Gasteiger charge is -2.46. The predicted molar refractivity (Wildman–Crippen MR) is 132 cm³/mol. The van der Waals surface area contributed by atoms with Crippen molar-refractivity contribution >= 4 is 17.2 Å². The number of aromatic amines is 1. The van der Waals surface area contributed by atoms with E-state index >= 15 is 0 Å². The summed E-state index contributed by atoms with van der Waals surface area (Å²) in [6.07, 6.45) is 5.18. The number of aryl methyl sites for hydroxylation is 2. The molecule has 0 spiro atoms. The van der Waals surface area contributed by atoms with Crippen LogP contribution in [0.25, 0.3) is 0 Å². The van der Waals surface area contributed by atoms with E-state index in [4.69, 9.17) is 0 Å². The van der Waals surface area contributed by atoms with Gasteiger partial charge in [0.25, 0.3) is 11.5 Å². The van der Waals surface area contributed by atoms with E-state index in [1.54, 1.807) is 11.3 Å². The monoisotopic (exact) mass is 455 g/mol. The third-order valence-electron chi connectivity index (χ3n) is 7.71. The average Bonchev–Trinajstić information content (AvgIpc) is 3.11. The van der Waals surface area contributed by atoms with Crippen LogP contribution in [0, 0.1) is 32.6 Å². The highest BCUT2D eigenvalue weighted by Gasteiger charge is 2.34. The van der Waals surface area contributed by atoms with Crippen LogP contribution in [-0.2, 0) is 6.54 Å². The summed E-state index contributed by atoms with van der Waals surface area (Å²) < 4.78 is 0. The molecule has 4 rings (SSSR count). The molecule has 0 aromatic carbocycles. The molecular weight excluding hydrogens is 418 g/mol. The quantitative estimate of drug-likeness (QED) is 0.651. The van der Waals surface area contributed by atoms with Crippen LogP contribution in [0.4, 0.5) is 0 Å². The Morgan fingerprint density at radius 3 is 2.53 bits per heavy atom. The number of nitrogens with one attached hydrogen (secondary N) is 2. The lowest BCUT2D eigenvalue weighted by atomic mass is 9.76. The van der Waals surface area contributed by atoms with Crippen molar-refractivity contribution in [3.05, 3.63) is 54.6 Å². The van der Waals surface area contributed by atoms with Gasteiger partial charge >= 0.3 is 0 Å². The zero-order chi connectivity index (χ0) is 23.0. The molecular formula is C26H37N3O2S. The van der Waals surface area contributed by atoms with E-state index in [-0.39, 0.29) is 18.0 Å². The molecule has 1 aliphatic heterocycles. The summed E-state index contributed by atoms with van der Waals surface area (Å²) in [5, 5.41) is 4.96. The molecule has 2 aromatic rings. The lowest BCUT2D eigenvalue weighted by Crippen LogP contribution is -2.52. The Kier molecular flexibility index (Phi) is 6.91. The summed E-state index contributed by atoms with van der Waals surface area (Å²) >= 11 is 1.72. The van der Waals surface area contributed by atoms with Crippen molar-refractivity contribution in [2.75, 3.05) is 13.1 Å². The van der Waals surface area contributed by atoms with Crippen LogP contribution in [-0.4, -0.2) is 34.9 Å². The second kappa shape index (κ2) is 9.52. The zero-order valence-electron chi connectivity index (χ0n) is 20.1. The van der Waals surface area contributed by atoms with Crippen molar-refractivity contribution in [1.29, 1.82) is 0 Å². The Hall–Kier alpha value is -1.92. The van der Waals surface area contributed by atoms with E-state index in [2.05, 4.69) is 36.0 Å². The van der Waals surface area contributed by atoms with E-state index in [1.165, 1.54) is 43.6 Å². The Labute approximate surface area is 195 Å². The van der Waals surface area contributed by atoms with Crippen molar-refractivity contribution in [3.8, 4) is 0 Å². The first-order valence-electron chi connectivity index (χ1n) is 12.0. The lowest BCUT2D eigenvalue weighted by molar-refractivity contribution is 0.0339. The second-order valence-electron chi connectivity index (χ2n) is 10.2. The molecule has 0 bridgehead atoms. The van der Waals surface area contributed by atoms with Gasteiger partial charge in [0.15, 0.2) is 0 Å². The van der Waals surface area contributed by atoms with Crippen molar-refractivity contribution in [3.63, 3.8) is 0 Å². The summed E-state index contributed by atoms with van der Waals surface area (Å²) in [7, 11) is 0. The third-order valence-corrected chi connectivity index (χ3v) is 9.00. The van der Waals surface area contributed by atoms with Crippen molar-refractivity contribution in [1.82, 2.24) is 15.2 Å². The number of rotatable bonds is 6. The first-order chi connectivity index (χ1) is 15.2. The number of pyridine rings is 1. The van der Waals surface area contributed by atoms with E-state index in [1.807, 2.05) is 25.3 Å². The second-order valence-corrected chi connectivity index (χ2v) is 11.1. The van der Waals surface area contributed by atoms with Gasteiger partial charge in [-0.25, -0.2) is 0 Å². The summed E-state index contributed by atoms with van der Waals surface area (Å²) in [5.41, 5.74) is 4.10. The minimum atomic E-state index is -0.123. The molecule has 2 fully saturated rings. The maximum absolute atomic E-state index is 12.9. The number of carbonyl (C=O) groups excluding carboxylic acids is 1. The number of thiophene rings is 1. The van der Waals surface area contributed by atoms with Crippen molar-refractivity contribution in [2.24, 2.45) is 11.8 Å². The highest BCUT2D eigenvalue weighted by molar-refractivity contribution is 7.10. The Balaban J connectivity index is 1.36. The Bertz CT molecular complexity index is 1030. The van der Waals surface area contributed by atoms with Gasteiger partial charge in [-0.1, -0.05) is 13.8 Å². The number of aromatic nitrogens is 1. The number of carbonyl (C=O) groups is 1. The maximum Gasteiger partial charge on any atom is 0.253 e. The van der Waals surface area contributed by atoms with Crippen LogP contribution >= 0.6 is 11.3 Å². The summed E-state index contributed by atoms with van der Waals surface area (Å²) in [5.74, 6) is 1.97. The van der Waals surface area contributed by atoms with Gasteiger partial charge in [0, 0.05) is 47.2 Å². The molecule has 1 unspecified atom stereocenters. The summed E-state index contributed by atoms with van der Waals surface area (Å²) in [4.78, 5) is 32.0. The maximum atomic E-state index is 12.9. The SMILES string of the molecule is Cc1cc(C)c(CNC(=O)c2csc(C(C)C3CCC(N4CC(C)C4)CC3)c2C)c(=O)[nH]1. The molecule has 1 amide bonds. The Morgan fingerprint density at radius 1 is 1.22 bits per heavy atom. The largest absolute Gasteiger partial charge is 0.348 e. The number of nitrogens with zero attached hydrogens (tertiary/aromatic N) is 1. The van der Waals surface area contributed by atoms with E-state index in [9.17, 15) is 9.59 Å². The smallest absolute Gasteiger partial charge is 0.253 e. The fraction of sp³-hybridized carbons (Fsp3) is 0.615. The topological polar surface area (TPSA) is 65.2 Å². The third kappa shape index (κ3) is 4.72. The molecule has 1 saturated heterocycles. The minimum Gasteiger partial charge on any atom is -0.348 e. The first kappa shape index (κ1) is 23.2. The standard InChI is InChI=1S/C26H37N3O2S/c1-15-12-29(13-15)21-8-6-20(7-9-21)18(4)24-19(5)23(14-32-24)25(30)27-11-22-16(2)10-17(3)28-26(22)31/h10,14-15,18,20-21H,6-9,11-13H2,1-5H3,(H,27,30)(H,28,31). The summed E-state index contributed by atoms with van der Waals surface area (Å²) in [6.45, 7) is 13.4. The molecule has 32 heavy (non-hydrogen) atoms. The van der Waals surface area contributed by atoms with E-state index < -0.39 is 0 Å². The van der Waals surface area contributed by atoms with Gasteiger partial charge in [-0.2, -0.15) is 0 Å². The minimum absolute atomic E-state index is 0.0906. The van der Waals surface area contributed by atoms with Gasteiger partial charge in [-0.15, -0.1) is 11.3 Å². The molecule has 0 radical (unpaired) electrons. The highest BCUT2D eigenvalue weighted by atomic mass is 32.1. The number of likely N-dealkylation sites (tertiary alicyclic amines) is 1. The fourth-order valence-electron chi connectivity index (χ4n) is 5.70. The van der Waals surface area contributed by atoms with E-state index in [0.29, 0.717) is 17.4 Å². The van der Waals surface area contributed by atoms with Gasteiger partial charge in [-0.05, 0) is 81.4 Å². The van der Waals surface area contributed by atoms with Crippen LogP contribution in [0.5, 0.6) is 0 Å². The van der Waals surface area contributed by atoms with Gasteiger partial charge < -0.3 is 10.3 Å². The highest BCUT2D eigenvalue weighted by Crippen LogP contribution is 2.41. The molecule has 3 heterocycles. The number of hydrogen-bond donors (Lipinski definition) is 2. The molecule has 2 aromatic heterocycles. The number of hydrogen-bond acceptors (Lipinski definition) is 4. The average molecular weight is 456 g/mol. The molecule has 2 N–H and O–H groups in total. The zero-order valence-corrected chi connectivity index (χ0v) is 20.9. The molecule has 174 valence electrons. The van der Waals surface area contributed by atoms with Crippen LogP contribution in [0.1, 0.15) is 83.1 Å². The van der Waals surface area contributed by atoms with Crippen molar-refractivity contribution in [2.45, 2.75) is 78.8 Å². The van der Waals surface area contributed by atoms with Crippen LogP contribution in [0.15, 0.2) is 16.2 Å². The van der Waals surface area contributed by atoms with Gasteiger partial charge in [0.1, 0.15) is 0 Å². The van der Waals surface area contributed by atoms with E-state index in [0.717, 1.165) is 34.3 Å². The van der Waals surface area contributed by atoms with Gasteiger partial charge in [0.2, 0.25) is 0 Å². The molecule has 6 heteroatoms. The van der Waals surface area contributed by atoms with Crippen LogP contribution in [0.3, 0.4) is 0 Å². The number of amides is 1.